The van der Waals surface area contributed by atoms with Crippen molar-refractivity contribution in [1.29, 1.82) is 0 Å². The number of nitrogens with zero attached hydrogens (tertiary/aromatic N) is 3. The number of nitrogens with one attached hydrogen (secondary N) is 1. The number of rotatable bonds is 2. The van der Waals surface area contributed by atoms with Gasteiger partial charge in [0.05, 0.1) is 12.2 Å². The summed E-state index contributed by atoms with van der Waals surface area (Å²) in [6.45, 7) is 8.98. The fourth-order valence-corrected chi connectivity index (χ4v) is 4.58. The van der Waals surface area contributed by atoms with Gasteiger partial charge in [0.25, 0.3) is 5.91 Å². The number of aromatic nitrogens is 2. The molecular formula is C21H28N4O2. The van der Waals surface area contributed by atoms with Gasteiger partial charge in [-0.25, -0.2) is 9.78 Å². The standard InChI is InChI=1S/C21H28N4O2/c1-14-6-5-11-24-12-16(22-17(14)24)13-25-18(26)21(23-19(25)27)9-7-15(8-10-21)20(2,3)4/h5-6,11-12,15H,7-10,13H2,1-4H3,(H,23,27). The minimum Gasteiger partial charge on any atom is -0.323 e. The van der Waals surface area contributed by atoms with Crippen molar-refractivity contribution in [2.75, 3.05) is 0 Å². The summed E-state index contributed by atoms with van der Waals surface area (Å²) in [5.41, 5.74) is 2.18. The maximum absolute atomic E-state index is 13.1. The Morgan fingerprint density at radius 3 is 2.59 bits per heavy atom. The van der Waals surface area contributed by atoms with Crippen LogP contribution in [0.4, 0.5) is 4.79 Å². The Morgan fingerprint density at radius 1 is 1.26 bits per heavy atom. The lowest BCUT2D eigenvalue weighted by Gasteiger charge is -2.40. The highest BCUT2D eigenvalue weighted by atomic mass is 16.2. The summed E-state index contributed by atoms with van der Waals surface area (Å²) in [6.07, 6.45) is 7.21. The number of imide groups is 1. The molecule has 0 aromatic carbocycles. The van der Waals surface area contributed by atoms with E-state index in [0.717, 1.165) is 42.6 Å². The van der Waals surface area contributed by atoms with E-state index in [1.807, 2.05) is 35.9 Å². The van der Waals surface area contributed by atoms with Crippen LogP contribution in [0.25, 0.3) is 5.65 Å². The molecule has 1 aliphatic carbocycles. The van der Waals surface area contributed by atoms with Gasteiger partial charge in [0, 0.05) is 12.4 Å². The van der Waals surface area contributed by atoms with E-state index >= 15 is 0 Å². The molecule has 2 aromatic heterocycles. The van der Waals surface area contributed by atoms with E-state index in [1.165, 1.54) is 4.90 Å². The fraction of sp³-hybridized carbons (Fsp3) is 0.571. The van der Waals surface area contributed by atoms with Gasteiger partial charge in [-0.15, -0.1) is 0 Å². The Kier molecular flexibility index (Phi) is 4.05. The molecule has 1 N–H and O–H groups in total. The molecule has 1 aliphatic heterocycles. The topological polar surface area (TPSA) is 66.7 Å². The first kappa shape index (κ1) is 18.0. The molecule has 0 bridgehead atoms. The number of hydrogen-bond acceptors (Lipinski definition) is 3. The molecule has 0 radical (unpaired) electrons. The summed E-state index contributed by atoms with van der Waals surface area (Å²) >= 11 is 0. The third-order valence-electron chi connectivity index (χ3n) is 6.36. The first-order valence-corrected chi connectivity index (χ1v) is 9.77. The van der Waals surface area contributed by atoms with Crippen LogP contribution in [0.3, 0.4) is 0 Å². The SMILES string of the molecule is Cc1cccn2cc(CN3C(=O)NC4(CCC(C(C)(C)C)CC4)C3=O)nc12. The monoisotopic (exact) mass is 368 g/mol. The molecule has 144 valence electrons. The van der Waals surface area contributed by atoms with Crippen LogP contribution in [0.2, 0.25) is 0 Å². The van der Waals surface area contributed by atoms with Gasteiger partial charge in [0.1, 0.15) is 11.2 Å². The van der Waals surface area contributed by atoms with Crippen molar-refractivity contribution in [3.8, 4) is 0 Å². The highest BCUT2D eigenvalue weighted by Gasteiger charge is 2.53. The van der Waals surface area contributed by atoms with Crippen LogP contribution in [0.1, 0.15) is 57.7 Å². The van der Waals surface area contributed by atoms with Crippen LogP contribution in [-0.4, -0.2) is 31.8 Å². The third kappa shape index (κ3) is 3.01. The molecule has 2 aromatic rings. The molecule has 0 unspecified atom stereocenters. The molecule has 3 amide bonds. The highest BCUT2D eigenvalue weighted by Crippen LogP contribution is 2.43. The van der Waals surface area contributed by atoms with Crippen LogP contribution in [0.15, 0.2) is 24.5 Å². The summed E-state index contributed by atoms with van der Waals surface area (Å²) < 4.78 is 1.94. The number of carbonyl (C=O) groups excluding carboxylic acids is 2. The summed E-state index contributed by atoms with van der Waals surface area (Å²) in [5, 5.41) is 3.01. The van der Waals surface area contributed by atoms with Gasteiger partial charge >= 0.3 is 6.03 Å². The van der Waals surface area contributed by atoms with Gasteiger partial charge in [-0.05, 0) is 55.6 Å². The molecule has 1 saturated carbocycles. The summed E-state index contributed by atoms with van der Waals surface area (Å²) in [5.74, 6) is 0.497. The van der Waals surface area contributed by atoms with Crippen molar-refractivity contribution < 1.29 is 9.59 Å². The van der Waals surface area contributed by atoms with Crippen LogP contribution >= 0.6 is 0 Å². The van der Waals surface area contributed by atoms with Crippen LogP contribution < -0.4 is 5.32 Å². The van der Waals surface area contributed by atoms with E-state index < -0.39 is 5.54 Å². The molecule has 6 nitrogen and oxygen atoms in total. The fourth-order valence-electron chi connectivity index (χ4n) is 4.58. The number of urea groups is 1. The van der Waals surface area contributed by atoms with Crippen molar-refractivity contribution >= 4 is 17.6 Å². The lowest BCUT2D eigenvalue weighted by molar-refractivity contribution is -0.133. The Bertz CT molecular complexity index is 901. The van der Waals surface area contributed by atoms with E-state index in [4.69, 9.17) is 0 Å². The molecule has 2 fully saturated rings. The Hall–Kier alpha value is -2.37. The average Bonchev–Trinajstić information content (AvgIpc) is 3.11. The summed E-state index contributed by atoms with van der Waals surface area (Å²) in [7, 11) is 0. The van der Waals surface area contributed by atoms with E-state index in [9.17, 15) is 9.59 Å². The largest absolute Gasteiger partial charge is 0.325 e. The van der Waals surface area contributed by atoms with Crippen LogP contribution in [0.5, 0.6) is 0 Å². The Balaban J connectivity index is 1.52. The van der Waals surface area contributed by atoms with E-state index in [1.54, 1.807) is 0 Å². The maximum atomic E-state index is 13.1. The molecule has 4 rings (SSSR count). The third-order valence-corrected chi connectivity index (χ3v) is 6.36. The van der Waals surface area contributed by atoms with Crippen molar-refractivity contribution in [2.45, 2.75) is 65.5 Å². The quantitative estimate of drug-likeness (QED) is 0.823. The van der Waals surface area contributed by atoms with E-state index in [2.05, 4.69) is 31.1 Å². The van der Waals surface area contributed by atoms with E-state index in [0.29, 0.717) is 5.92 Å². The number of imidazole rings is 1. The molecule has 2 aliphatic rings. The predicted octanol–water partition coefficient (Wildman–Crippen LogP) is 3.67. The van der Waals surface area contributed by atoms with Gasteiger partial charge in [0.15, 0.2) is 0 Å². The van der Waals surface area contributed by atoms with Gasteiger partial charge < -0.3 is 9.72 Å². The molecule has 6 heteroatoms. The van der Waals surface area contributed by atoms with Gasteiger partial charge in [0.2, 0.25) is 0 Å². The zero-order chi connectivity index (χ0) is 19.4. The van der Waals surface area contributed by atoms with Crippen molar-refractivity contribution in [1.82, 2.24) is 19.6 Å². The van der Waals surface area contributed by atoms with Crippen molar-refractivity contribution in [3.63, 3.8) is 0 Å². The summed E-state index contributed by atoms with van der Waals surface area (Å²) in [4.78, 5) is 31.7. The second kappa shape index (κ2) is 6.08. The average molecular weight is 368 g/mol. The number of carbonyl (C=O) groups is 2. The first-order chi connectivity index (χ1) is 12.7. The molecule has 3 heterocycles. The molecule has 1 saturated heterocycles. The zero-order valence-corrected chi connectivity index (χ0v) is 16.6. The van der Waals surface area contributed by atoms with Gasteiger partial charge in [-0.2, -0.15) is 0 Å². The number of fused-ring (bicyclic) bond motifs is 1. The summed E-state index contributed by atoms with van der Waals surface area (Å²) in [6, 6.07) is 3.68. The lowest BCUT2D eigenvalue weighted by Crippen LogP contribution is -2.50. The molecule has 27 heavy (non-hydrogen) atoms. The Morgan fingerprint density at radius 2 is 1.96 bits per heavy atom. The van der Waals surface area contributed by atoms with Crippen molar-refractivity contribution in [3.05, 3.63) is 35.8 Å². The van der Waals surface area contributed by atoms with Gasteiger partial charge in [-0.3, -0.25) is 9.69 Å². The number of aryl methyl sites for hydroxylation is 1. The number of amides is 3. The number of hydrogen-bond donors (Lipinski definition) is 1. The van der Waals surface area contributed by atoms with Crippen LogP contribution in [0, 0.1) is 18.3 Å². The van der Waals surface area contributed by atoms with Gasteiger partial charge in [-0.1, -0.05) is 26.8 Å². The molecule has 0 atom stereocenters. The van der Waals surface area contributed by atoms with Crippen LogP contribution in [-0.2, 0) is 11.3 Å². The second-order valence-corrected chi connectivity index (χ2v) is 9.20. The normalized spacial score (nSPS) is 26.2. The van der Waals surface area contributed by atoms with E-state index in [-0.39, 0.29) is 23.9 Å². The Labute approximate surface area is 159 Å². The number of pyridine rings is 1. The lowest BCUT2D eigenvalue weighted by atomic mass is 9.67. The molecule has 1 spiro atoms. The zero-order valence-electron chi connectivity index (χ0n) is 16.6. The predicted molar refractivity (Wildman–Crippen MR) is 103 cm³/mol. The maximum Gasteiger partial charge on any atom is 0.325 e. The highest BCUT2D eigenvalue weighted by molar-refractivity contribution is 6.07. The first-order valence-electron chi connectivity index (χ1n) is 9.77. The van der Waals surface area contributed by atoms with Crippen molar-refractivity contribution in [2.24, 2.45) is 11.3 Å². The minimum atomic E-state index is -0.714. The molecular weight excluding hydrogens is 340 g/mol. The smallest absolute Gasteiger partial charge is 0.323 e. The minimum absolute atomic E-state index is 0.0892. The second-order valence-electron chi connectivity index (χ2n) is 9.20.